The molecule has 1 fully saturated rings. The molecule has 2 heteroatoms. The van der Waals surface area contributed by atoms with Crippen LogP contribution in [0.1, 0.15) is 55.7 Å². The van der Waals surface area contributed by atoms with Crippen LogP contribution in [-0.4, -0.2) is 29.8 Å². The molecule has 0 amide bonds. The quantitative estimate of drug-likeness (QED) is 0.786. The van der Waals surface area contributed by atoms with E-state index in [1.54, 1.807) is 0 Å². The van der Waals surface area contributed by atoms with Gasteiger partial charge in [0.1, 0.15) is 0 Å². The second-order valence-corrected chi connectivity index (χ2v) is 6.41. The lowest BCUT2D eigenvalue weighted by molar-refractivity contribution is -0.124. The second-order valence-electron chi connectivity index (χ2n) is 6.41. The normalized spacial score (nSPS) is 19.7. The molecular weight excluding hydrogens is 258 g/mol. The van der Waals surface area contributed by atoms with Gasteiger partial charge in [-0.15, -0.1) is 0 Å². The van der Waals surface area contributed by atoms with Crippen LogP contribution in [0.15, 0.2) is 18.2 Å². The minimum atomic E-state index is 0.157. The van der Waals surface area contributed by atoms with Crippen molar-refractivity contribution < 1.29 is 4.79 Å². The molecule has 0 saturated carbocycles. The number of hydrogen-bond acceptors (Lipinski definition) is 2. The van der Waals surface area contributed by atoms with Gasteiger partial charge < -0.3 is 0 Å². The summed E-state index contributed by atoms with van der Waals surface area (Å²) in [4.78, 5) is 15.2. The van der Waals surface area contributed by atoms with Gasteiger partial charge in [-0.2, -0.15) is 0 Å². The zero-order chi connectivity index (χ0) is 15.2. The molecule has 1 aromatic rings. The maximum Gasteiger partial charge on any atom is 0.154 e. The number of benzene rings is 1. The maximum absolute atomic E-state index is 12.8. The molecule has 1 aliphatic heterocycles. The molecule has 21 heavy (non-hydrogen) atoms. The summed E-state index contributed by atoms with van der Waals surface area (Å²) in [5.41, 5.74) is 3.74. The number of likely N-dealkylation sites (tertiary alicyclic amines) is 1. The number of piperidine rings is 1. The first-order valence-electron chi connectivity index (χ1n) is 8.45. The molecule has 2 nitrogen and oxygen atoms in total. The van der Waals surface area contributed by atoms with E-state index >= 15 is 0 Å². The molecule has 0 bridgehead atoms. The smallest absolute Gasteiger partial charge is 0.154 e. The molecule has 1 atom stereocenters. The number of carbonyl (C=O) groups excluding carboxylic acids is 1. The lowest BCUT2D eigenvalue weighted by Crippen LogP contribution is -2.45. The van der Waals surface area contributed by atoms with Gasteiger partial charge in [-0.25, -0.2) is 0 Å². The second kappa shape index (κ2) is 7.74. The molecule has 0 N–H and O–H groups in total. The molecule has 1 heterocycles. The third-order valence-corrected chi connectivity index (χ3v) is 4.78. The highest BCUT2D eigenvalue weighted by atomic mass is 16.1. The van der Waals surface area contributed by atoms with Crippen molar-refractivity contribution in [2.75, 3.05) is 13.1 Å². The molecule has 2 rings (SSSR count). The predicted molar refractivity (Wildman–Crippen MR) is 88.7 cm³/mol. The number of carbonyl (C=O) groups is 1. The van der Waals surface area contributed by atoms with Gasteiger partial charge in [0.25, 0.3) is 0 Å². The van der Waals surface area contributed by atoms with E-state index in [0.717, 1.165) is 19.5 Å². The first-order valence-corrected chi connectivity index (χ1v) is 8.45. The van der Waals surface area contributed by atoms with Crippen molar-refractivity contribution in [2.45, 2.75) is 65.3 Å². The van der Waals surface area contributed by atoms with Crippen LogP contribution in [-0.2, 0) is 11.2 Å². The Hall–Kier alpha value is -1.15. The molecule has 116 valence electrons. The highest BCUT2D eigenvalue weighted by Crippen LogP contribution is 2.22. The number of aryl methyl sites for hydroxylation is 2. The molecule has 0 aromatic heterocycles. The van der Waals surface area contributed by atoms with Crippen LogP contribution in [0.3, 0.4) is 0 Å². The van der Waals surface area contributed by atoms with Crippen LogP contribution in [0.25, 0.3) is 0 Å². The number of rotatable bonds is 6. The molecule has 0 aliphatic carbocycles. The van der Waals surface area contributed by atoms with Gasteiger partial charge >= 0.3 is 0 Å². The van der Waals surface area contributed by atoms with Crippen LogP contribution >= 0.6 is 0 Å². The Bertz CT molecular complexity index is 460. The Kier molecular flexibility index (Phi) is 5.98. The number of unbranched alkanes of at least 4 members (excludes halogenated alkanes) is 1. The van der Waals surface area contributed by atoms with Crippen molar-refractivity contribution in [3.8, 4) is 0 Å². The van der Waals surface area contributed by atoms with Gasteiger partial charge in [-0.1, -0.05) is 38.0 Å². The summed E-state index contributed by atoms with van der Waals surface area (Å²) in [6.45, 7) is 8.64. The van der Waals surface area contributed by atoms with E-state index < -0.39 is 0 Å². The first-order chi connectivity index (χ1) is 10.1. The van der Waals surface area contributed by atoms with Gasteiger partial charge in [-0.3, -0.25) is 9.69 Å². The first kappa shape index (κ1) is 16.2. The molecule has 0 spiro atoms. The summed E-state index contributed by atoms with van der Waals surface area (Å²) in [5, 5.41) is 0. The van der Waals surface area contributed by atoms with Crippen molar-refractivity contribution >= 4 is 5.78 Å². The fourth-order valence-corrected chi connectivity index (χ4v) is 3.40. The van der Waals surface area contributed by atoms with E-state index in [4.69, 9.17) is 0 Å². The highest BCUT2D eigenvalue weighted by Gasteiger charge is 2.28. The Morgan fingerprint density at radius 1 is 1.24 bits per heavy atom. The number of Topliss-reactive ketones (excluding diaryl/α,β-unsaturated/α-hetero) is 1. The third-order valence-electron chi connectivity index (χ3n) is 4.78. The van der Waals surface area contributed by atoms with Crippen LogP contribution in [0, 0.1) is 13.8 Å². The van der Waals surface area contributed by atoms with E-state index in [-0.39, 0.29) is 6.04 Å². The maximum atomic E-state index is 12.8. The number of hydrogen-bond donors (Lipinski definition) is 0. The molecule has 1 saturated heterocycles. The Morgan fingerprint density at radius 3 is 2.62 bits per heavy atom. The summed E-state index contributed by atoms with van der Waals surface area (Å²) < 4.78 is 0. The van der Waals surface area contributed by atoms with Crippen LogP contribution < -0.4 is 0 Å². The predicted octanol–water partition coefficient (Wildman–Crippen LogP) is 4.07. The number of ketones is 1. The van der Waals surface area contributed by atoms with Gasteiger partial charge in [-0.05, 0) is 62.9 Å². The van der Waals surface area contributed by atoms with Crippen molar-refractivity contribution in [3.63, 3.8) is 0 Å². The van der Waals surface area contributed by atoms with E-state index in [9.17, 15) is 4.79 Å². The molecule has 0 radical (unpaired) electrons. The van der Waals surface area contributed by atoms with Crippen LogP contribution in [0.4, 0.5) is 0 Å². The monoisotopic (exact) mass is 287 g/mol. The lowest BCUT2D eigenvalue weighted by atomic mass is 9.91. The zero-order valence-electron chi connectivity index (χ0n) is 13.8. The highest BCUT2D eigenvalue weighted by molar-refractivity contribution is 5.86. The fourth-order valence-electron chi connectivity index (χ4n) is 3.40. The van der Waals surface area contributed by atoms with Gasteiger partial charge in [0, 0.05) is 6.42 Å². The minimum Gasteiger partial charge on any atom is -0.298 e. The Labute approximate surface area is 129 Å². The van der Waals surface area contributed by atoms with E-state index in [1.807, 2.05) is 0 Å². The van der Waals surface area contributed by atoms with Crippen molar-refractivity contribution in [3.05, 3.63) is 34.9 Å². The topological polar surface area (TPSA) is 20.3 Å². The molecule has 0 unspecified atom stereocenters. The fraction of sp³-hybridized carbons (Fsp3) is 0.632. The molecule has 1 aromatic carbocycles. The van der Waals surface area contributed by atoms with Crippen molar-refractivity contribution in [2.24, 2.45) is 0 Å². The van der Waals surface area contributed by atoms with Crippen molar-refractivity contribution in [1.29, 1.82) is 0 Å². The molecule has 1 aliphatic rings. The van der Waals surface area contributed by atoms with E-state index in [1.165, 1.54) is 42.4 Å². The average molecular weight is 287 g/mol. The van der Waals surface area contributed by atoms with Crippen molar-refractivity contribution in [1.82, 2.24) is 4.90 Å². The lowest BCUT2D eigenvalue weighted by Gasteiger charge is -2.35. The standard InChI is InChI=1S/C19H29NO/c1-4-5-12-20-13-7-6-11-18(20)19(21)14-17-15(2)9-8-10-16(17)3/h8-10,18H,4-7,11-14H2,1-3H3/t18-/m0/s1. The van der Waals surface area contributed by atoms with Gasteiger partial charge in [0.05, 0.1) is 6.04 Å². The van der Waals surface area contributed by atoms with Gasteiger partial charge in [0.2, 0.25) is 0 Å². The zero-order valence-corrected chi connectivity index (χ0v) is 13.8. The summed E-state index contributed by atoms with van der Waals surface area (Å²) in [7, 11) is 0. The Morgan fingerprint density at radius 2 is 1.95 bits per heavy atom. The minimum absolute atomic E-state index is 0.157. The largest absolute Gasteiger partial charge is 0.298 e. The average Bonchev–Trinajstić information content (AvgIpc) is 2.49. The summed E-state index contributed by atoms with van der Waals surface area (Å²) >= 11 is 0. The van der Waals surface area contributed by atoms with Crippen LogP contribution in [0.2, 0.25) is 0 Å². The summed E-state index contributed by atoms with van der Waals surface area (Å²) in [5.74, 6) is 0.420. The van der Waals surface area contributed by atoms with Crippen LogP contribution in [0.5, 0.6) is 0 Å². The van der Waals surface area contributed by atoms with E-state index in [2.05, 4.69) is 43.9 Å². The third kappa shape index (κ3) is 4.16. The van der Waals surface area contributed by atoms with Gasteiger partial charge in [0.15, 0.2) is 5.78 Å². The SMILES string of the molecule is CCCCN1CCCC[C@H]1C(=O)Cc1c(C)cccc1C. The summed E-state index contributed by atoms with van der Waals surface area (Å²) in [6, 6.07) is 6.47. The molecular formula is C19H29NO. The number of nitrogens with zero attached hydrogens (tertiary/aromatic N) is 1. The Balaban J connectivity index is 2.07. The summed E-state index contributed by atoms with van der Waals surface area (Å²) in [6.07, 6.45) is 6.50. The van der Waals surface area contributed by atoms with E-state index in [0.29, 0.717) is 12.2 Å².